The largest absolute Gasteiger partial charge is 0.484 e. The quantitative estimate of drug-likeness (QED) is 0.314. The predicted molar refractivity (Wildman–Crippen MR) is 122 cm³/mol. The second kappa shape index (κ2) is 12.6. The SMILES string of the molecule is CN=C(NCCc1ccc(OCC(N)=O)cc1)N(C)CCc1cccs1.I. The molecule has 0 aliphatic rings. The van der Waals surface area contributed by atoms with Crippen molar-refractivity contribution in [3.05, 3.63) is 52.2 Å². The second-order valence-electron chi connectivity index (χ2n) is 5.87. The summed E-state index contributed by atoms with van der Waals surface area (Å²) in [6.07, 6.45) is 1.88. The maximum absolute atomic E-state index is 10.7. The summed E-state index contributed by atoms with van der Waals surface area (Å²) >= 11 is 1.78. The Bertz CT molecular complexity index is 705. The van der Waals surface area contributed by atoms with Crippen LogP contribution in [-0.2, 0) is 17.6 Å². The average molecular weight is 502 g/mol. The Morgan fingerprint density at radius 1 is 1.26 bits per heavy atom. The number of amides is 1. The normalized spacial score (nSPS) is 10.8. The molecule has 0 saturated heterocycles. The van der Waals surface area contributed by atoms with Crippen molar-refractivity contribution in [3.63, 3.8) is 0 Å². The van der Waals surface area contributed by atoms with Gasteiger partial charge in [-0.25, -0.2) is 0 Å². The molecule has 0 aliphatic carbocycles. The molecule has 0 bridgehead atoms. The van der Waals surface area contributed by atoms with Crippen LogP contribution in [0.5, 0.6) is 5.75 Å². The summed E-state index contributed by atoms with van der Waals surface area (Å²) in [5.41, 5.74) is 6.25. The Hall–Kier alpha value is -1.81. The molecule has 0 spiro atoms. The first kappa shape index (κ1) is 23.2. The molecule has 0 atom stereocenters. The van der Waals surface area contributed by atoms with Gasteiger partial charge in [0.15, 0.2) is 12.6 Å². The maximum Gasteiger partial charge on any atom is 0.255 e. The molecule has 27 heavy (non-hydrogen) atoms. The lowest BCUT2D eigenvalue weighted by atomic mass is 10.1. The number of nitrogens with one attached hydrogen (secondary N) is 1. The summed E-state index contributed by atoms with van der Waals surface area (Å²) in [5.74, 6) is 1.06. The summed E-state index contributed by atoms with van der Waals surface area (Å²) < 4.78 is 5.26. The third kappa shape index (κ3) is 8.61. The molecule has 0 aliphatic heterocycles. The van der Waals surface area contributed by atoms with Crippen LogP contribution in [0.4, 0.5) is 0 Å². The minimum Gasteiger partial charge on any atom is -0.484 e. The molecule has 0 saturated carbocycles. The number of nitrogens with two attached hydrogens (primary N) is 1. The third-order valence-corrected chi connectivity index (χ3v) is 4.78. The van der Waals surface area contributed by atoms with Gasteiger partial charge in [0, 0.05) is 32.1 Å². The fraction of sp³-hybridized carbons (Fsp3) is 0.368. The van der Waals surface area contributed by atoms with Crippen LogP contribution in [-0.4, -0.2) is 50.6 Å². The monoisotopic (exact) mass is 502 g/mol. The zero-order chi connectivity index (χ0) is 18.8. The Balaban J connectivity index is 0.00000364. The fourth-order valence-corrected chi connectivity index (χ4v) is 3.15. The van der Waals surface area contributed by atoms with Gasteiger partial charge in [0.25, 0.3) is 5.91 Å². The highest BCUT2D eigenvalue weighted by Gasteiger charge is 2.06. The third-order valence-electron chi connectivity index (χ3n) is 3.85. The number of rotatable bonds is 9. The number of carbonyl (C=O) groups is 1. The van der Waals surface area contributed by atoms with Crippen molar-refractivity contribution in [2.24, 2.45) is 10.7 Å². The first-order chi connectivity index (χ1) is 12.6. The number of thiophene rings is 1. The summed E-state index contributed by atoms with van der Waals surface area (Å²) in [4.78, 5) is 18.6. The molecule has 2 aromatic rings. The molecule has 2 rings (SSSR count). The van der Waals surface area contributed by atoms with Gasteiger partial charge in [0.2, 0.25) is 0 Å². The van der Waals surface area contributed by atoms with Crippen LogP contribution in [0, 0.1) is 0 Å². The zero-order valence-corrected chi connectivity index (χ0v) is 18.8. The lowest BCUT2D eigenvalue weighted by Crippen LogP contribution is -2.40. The number of primary amides is 1. The lowest BCUT2D eigenvalue weighted by molar-refractivity contribution is -0.119. The van der Waals surface area contributed by atoms with Crippen LogP contribution < -0.4 is 15.8 Å². The molecule has 1 aromatic carbocycles. The summed E-state index contributed by atoms with van der Waals surface area (Å²) in [6, 6.07) is 11.9. The second-order valence-corrected chi connectivity index (χ2v) is 6.91. The number of ether oxygens (including phenoxy) is 1. The number of benzene rings is 1. The van der Waals surface area contributed by atoms with Gasteiger partial charge in [-0.2, -0.15) is 0 Å². The number of aliphatic imine (C=N–C) groups is 1. The number of guanidine groups is 1. The first-order valence-corrected chi connectivity index (χ1v) is 9.40. The lowest BCUT2D eigenvalue weighted by Gasteiger charge is -2.21. The van der Waals surface area contributed by atoms with E-state index in [-0.39, 0.29) is 30.6 Å². The van der Waals surface area contributed by atoms with E-state index in [1.807, 2.05) is 31.3 Å². The van der Waals surface area contributed by atoms with Gasteiger partial charge in [0.05, 0.1) is 0 Å². The van der Waals surface area contributed by atoms with Crippen LogP contribution in [0.25, 0.3) is 0 Å². The van der Waals surface area contributed by atoms with E-state index >= 15 is 0 Å². The van der Waals surface area contributed by atoms with Gasteiger partial charge in [-0.1, -0.05) is 18.2 Å². The standard InChI is InChI=1S/C19H26N4O2S.HI/c1-21-19(23(2)12-10-17-4-3-13-26-17)22-11-9-15-5-7-16(8-6-15)25-14-18(20)24;/h3-8,13H,9-12,14H2,1-2H3,(H2,20,24)(H,21,22);1H. The number of halogens is 1. The summed E-state index contributed by atoms with van der Waals surface area (Å²) in [7, 11) is 3.85. The summed E-state index contributed by atoms with van der Waals surface area (Å²) in [6.45, 7) is 1.61. The van der Waals surface area contributed by atoms with E-state index in [0.717, 1.165) is 31.9 Å². The van der Waals surface area contributed by atoms with Crippen LogP contribution in [0.15, 0.2) is 46.8 Å². The smallest absolute Gasteiger partial charge is 0.255 e. The van der Waals surface area contributed by atoms with Gasteiger partial charge in [-0.05, 0) is 42.0 Å². The van der Waals surface area contributed by atoms with E-state index in [1.165, 1.54) is 10.4 Å². The van der Waals surface area contributed by atoms with Crippen LogP contribution >= 0.6 is 35.3 Å². The van der Waals surface area contributed by atoms with E-state index in [1.54, 1.807) is 18.4 Å². The average Bonchev–Trinajstić information content (AvgIpc) is 3.16. The molecule has 1 aromatic heterocycles. The molecule has 148 valence electrons. The van der Waals surface area contributed by atoms with Crippen molar-refractivity contribution >= 4 is 47.2 Å². The number of hydrogen-bond acceptors (Lipinski definition) is 4. The number of carbonyl (C=O) groups excluding carboxylic acids is 1. The minimum atomic E-state index is -0.479. The van der Waals surface area contributed by atoms with Gasteiger partial charge >= 0.3 is 0 Å². The Morgan fingerprint density at radius 3 is 2.59 bits per heavy atom. The van der Waals surface area contributed by atoms with Gasteiger partial charge in [-0.15, -0.1) is 35.3 Å². The summed E-state index contributed by atoms with van der Waals surface area (Å²) in [5, 5.41) is 5.49. The Morgan fingerprint density at radius 2 is 2.00 bits per heavy atom. The molecule has 1 amide bonds. The van der Waals surface area contributed by atoms with Gasteiger partial charge in [-0.3, -0.25) is 9.79 Å². The van der Waals surface area contributed by atoms with Crippen molar-refractivity contribution in [2.45, 2.75) is 12.8 Å². The first-order valence-electron chi connectivity index (χ1n) is 8.52. The molecular weight excluding hydrogens is 475 g/mol. The molecule has 8 heteroatoms. The maximum atomic E-state index is 10.7. The van der Waals surface area contributed by atoms with Gasteiger partial charge < -0.3 is 20.7 Å². The molecule has 1 heterocycles. The Labute approximate surface area is 181 Å². The number of likely N-dealkylation sites (N-methyl/N-ethyl adjacent to an activating group) is 1. The van der Waals surface area contributed by atoms with Crippen molar-refractivity contribution in [1.29, 1.82) is 0 Å². The van der Waals surface area contributed by atoms with Crippen molar-refractivity contribution in [2.75, 3.05) is 33.8 Å². The van der Waals surface area contributed by atoms with Crippen molar-refractivity contribution in [1.82, 2.24) is 10.2 Å². The minimum absolute atomic E-state index is 0. The highest BCUT2D eigenvalue weighted by atomic mass is 127. The molecule has 6 nitrogen and oxygen atoms in total. The highest BCUT2D eigenvalue weighted by Crippen LogP contribution is 2.12. The zero-order valence-electron chi connectivity index (χ0n) is 15.7. The molecule has 0 unspecified atom stereocenters. The predicted octanol–water partition coefficient (Wildman–Crippen LogP) is 2.52. The number of nitrogens with zero attached hydrogens (tertiary/aromatic N) is 2. The topological polar surface area (TPSA) is 80.0 Å². The van der Waals surface area contributed by atoms with Crippen LogP contribution in [0.3, 0.4) is 0 Å². The molecule has 0 fully saturated rings. The molecular formula is C19H27IN4O2S. The fourth-order valence-electron chi connectivity index (χ4n) is 2.45. The molecule has 0 radical (unpaired) electrons. The number of hydrogen-bond donors (Lipinski definition) is 2. The highest BCUT2D eigenvalue weighted by molar-refractivity contribution is 14.0. The van der Waals surface area contributed by atoms with E-state index in [4.69, 9.17) is 10.5 Å². The van der Waals surface area contributed by atoms with Crippen molar-refractivity contribution < 1.29 is 9.53 Å². The van der Waals surface area contributed by atoms with E-state index < -0.39 is 5.91 Å². The van der Waals surface area contributed by atoms with E-state index in [2.05, 4.69) is 32.7 Å². The van der Waals surface area contributed by atoms with Crippen LogP contribution in [0.1, 0.15) is 10.4 Å². The van der Waals surface area contributed by atoms with E-state index in [9.17, 15) is 4.79 Å². The van der Waals surface area contributed by atoms with Gasteiger partial charge in [0.1, 0.15) is 5.75 Å². The van der Waals surface area contributed by atoms with Crippen LogP contribution in [0.2, 0.25) is 0 Å². The van der Waals surface area contributed by atoms with E-state index in [0.29, 0.717) is 5.75 Å². The van der Waals surface area contributed by atoms with Crippen molar-refractivity contribution in [3.8, 4) is 5.75 Å². The molecule has 3 N–H and O–H groups in total. The Kier molecular flexibility index (Phi) is 10.8.